The highest BCUT2D eigenvalue weighted by Gasteiger charge is 2.42. The molecule has 2 aromatic rings. The fraction of sp³-hybridized carbons (Fsp3) is 0.227. The molecule has 2 aromatic carbocycles. The van der Waals surface area contributed by atoms with Crippen molar-refractivity contribution in [3.8, 4) is 6.07 Å². The lowest BCUT2D eigenvalue weighted by Gasteiger charge is -2.29. The third kappa shape index (κ3) is 3.31. The van der Waals surface area contributed by atoms with E-state index < -0.39 is 16.7 Å². The highest BCUT2D eigenvalue weighted by Crippen LogP contribution is 2.36. The van der Waals surface area contributed by atoms with Gasteiger partial charge in [-0.15, -0.1) is 0 Å². The van der Waals surface area contributed by atoms with Gasteiger partial charge in [-0.05, 0) is 61.2 Å². The van der Waals surface area contributed by atoms with Crippen LogP contribution in [-0.4, -0.2) is 34.7 Å². The summed E-state index contributed by atoms with van der Waals surface area (Å²) in [6, 6.07) is 13.9. The Bertz CT molecular complexity index is 1090. The average Bonchev–Trinajstić information content (AvgIpc) is 3.04. The van der Waals surface area contributed by atoms with E-state index in [0.717, 1.165) is 24.2 Å². The normalized spacial score (nSPS) is 16.8. The van der Waals surface area contributed by atoms with Gasteiger partial charge < -0.3 is 4.90 Å². The number of non-ortho nitro benzene ring substituents is 1. The van der Waals surface area contributed by atoms with Gasteiger partial charge in [0.1, 0.15) is 5.70 Å². The van der Waals surface area contributed by atoms with Gasteiger partial charge in [-0.25, -0.2) is 4.90 Å². The van der Waals surface area contributed by atoms with E-state index in [9.17, 15) is 19.7 Å². The quantitative estimate of drug-likeness (QED) is 0.441. The second-order valence-corrected chi connectivity index (χ2v) is 7.18. The Morgan fingerprint density at radius 3 is 2.10 bits per heavy atom. The van der Waals surface area contributed by atoms with Crippen LogP contribution in [0.25, 0.3) is 5.57 Å². The number of carbonyl (C=O) groups excluding carboxylic acids is 2. The van der Waals surface area contributed by atoms with Crippen LogP contribution in [0.1, 0.15) is 30.4 Å². The van der Waals surface area contributed by atoms with Crippen molar-refractivity contribution < 1.29 is 14.5 Å². The Morgan fingerprint density at radius 2 is 1.53 bits per heavy atom. The molecule has 8 nitrogen and oxygen atoms in total. The first kappa shape index (κ1) is 19.3. The topological polar surface area (TPSA) is 108 Å². The van der Waals surface area contributed by atoms with Crippen LogP contribution >= 0.6 is 0 Å². The van der Waals surface area contributed by atoms with E-state index in [4.69, 9.17) is 5.26 Å². The Labute approximate surface area is 172 Å². The molecule has 0 unspecified atom stereocenters. The van der Waals surface area contributed by atoms with E-state index in [1.807, 2.05) is 11.0 Å². The lowest BCUT2D eigenvalue weighted by Crippen LogP contribution is -2.37. The van der Waals surface area contributed by atoms with Crippen molar-refractivity contribution in [3.63, 3.8) is 0 Å². The molecule has 0 aromatic heterocycles. The SMILES string of the molecule is N#Cc1ccc(N2C(=O)C(c3ccc([N+](=O)[O-])cc3)=C(N3CCCCC3)C2=O)cc1. The number of anilines is 1. The zero-order valence-corrected chi connectivity index (χ0v) is 16.1. The molecular formula is C22H18N4O4. The van der Waals surface area contributed by atoms with E-state index >= 15 is 0 Å². The van der Waals surface area contributed by atoms with Gasteiger partial charge in [0.25, 0.3) is 17.5 Å². The van der Waals surface area contributed by atoms with Gasteiger partial charge in [0.05, 0.1) is 27.8 Å². The maximum absolute atomic E-state index is 13.4. The number of rotatable bonds is 4. The summed E-state index contributed by atoms with van der Waals surface area (Å²) in [6.07, 6.45) is 2.92. The molecule has 30 heavy (non-hydrogen) atoms. The van der Waals surface area contributed by atoms with Crippen LogP contribution in [0.3, 0.4) is 0 Å². The summed E-state index contributed by atoms with van der Waals surface area (Å²) < 4.78 is 0. The number of benzene rings is 2. The summed E-state index contributed by atoms with van der Waals surface area (Å²) in [5, 5.41) is 20.0. The van der Waals surface area contributed by atoms with Gasteiger partial charge in [-0.3, -0.25) is 19.7 Å². The van der Waals surface area contributed by atoms with Crippen LogP contribution in [-0.2, 0) is 9.59 Å². The number of piperidine rings is 1. The zero-order valence-electron chi connectivity index (χ0n) is 16.1. The fourth-order valence-electron chi connectivity index (χ4n) is 3.86. The zero-order chi connectivity index (χ0) is 21.3. The van der Waals surface area contributed by atoms with Gasteiger partial charge in [0.15, 0.2) is 0 Å². The minimum atomic E-state index is -0.506. The summed E-state index contributed by atoms with van der Waals surface area (Å²) in [6.45, 7) is 1.35. The lowest BCUT2D eigenvalue weighted by atomic mass is 10.0. The number of likely N-dealkylation sites (tertiary alicyclic amines) is 1. The van der Waals surface area contributed by atoms with Crippen LogP contribution in [0, 0.1) is 21.4 Å². The van der Waals surface area contributed by atoms with E-state index in [0.29, 0.717) is 35.6 Å². The standard InChI is InChI=1S/C22H18N4O4/c23-14-15-4-8-17(9-5-15)25-21(27)19(16-6-10-18(11-7-16)26(29)30)20(22(25)28)24-12-2-1-3-13-24/h4-11H,1-3,12-13H2. The number of nitro benzene ring substituents is 1. The molecule has 150 valence electrons. The first-order valence-electron chi connectivity index (χ1n) is 9.64. The lowest BCUT2D eigenvalue weighted by molar-refractivity contribution is -0.384. The second kappa shape index (κ2) is 7.79. The van der Waals surface area contributed by atoms with Crippen molar-refractivity contribution in [1.29, 1.82) is 5.26 Å². The first-order valence-corrected chi connectivity index (χ1v) is 9.64. The Hall–Kier alpha value is -3.99. The number of amides is 2. The summed E-state index contributed by atoms with van der Waals surface area (Å²) in [4.78, 5) is 40.3. The van der Waals surface area contributed by atoms with Gasteiger partial charge in [-0.1, -0.05) is 0 Å². The molecule has 0 saturated carbocycles. The number of hydrogen-bond acceptors (Lipinski definition) is 6. The number of carbonyl (C=O) groups is 2. The molecule has 0 aliphatic carbocycles. The number of nitro groups is 1. The molecule has 1 fully saturated rings. The van der Waals surface area contributed by atoms with Crippen LogP contribution in [0.4, 0.5) is 11.4 Å². The Morgan fingerprint density at radius 1 is 0.900 bits per heavy atom. The molecule has 0 N–H and O–H groups in total. The molecule has 0 bridgehead atoms. The smallest absolute Gasteiger partial charge is 0.282 e. The third-order valence-electron chi connectivity index (χ3n) is 5.35. The summed E-state index contributed by atoms with van der Waals surface area (Å²) >= 11 is 0. The number of nitriles is 1. The van der Waals surface area contributed by atoms with E-state index in [1.54, 1.807) is 24.3 Å². The van der Waals surface area contributed by atoms with Crippen LogP contribution in [0.5, 0.6) is 0 Å². The highest BCUT2D eigenvalue weighted by molar-refractivity contribution is 6.45. The number of nitrogens with zero attached hydrogens (tertiary/aromatic N) is 4. The minimum absolute atomic E-state index is 0.0837. The minimum Gasteiger partial charge on any atom is -0.366 e. The average molecular weight is 402 g/mol. The molecule has 2 aliphatic rings. The summed E-state index contributed by atoms with van der Waals surface area (Å²) in [5.74, 6) is -0.890. The predicted octanol–water partition coefficient (Wildman–Crippen LogP) is 3.24. The molecule has 4 rings (SSSR count). The van der Waals surface area contributed by atoms with Crippen molar-refractivity contribution in [2.75, 3.05) is 18.0 Å². The van der Waals surface area contributed by atoms with Crippen LogP contribution in [0.2, 0.25) is 0 Å². The molecule has 2 aliphatic heterocycles. The molecule has 2 amide bonds. The summed E-state index contributed by atoms with van der Waals surface area (Å²) in [7, 11) is 0. The first-order chi connectivity index (χ1) is 14.5. The van der Waals surface area contributed by atoms with E-state index in [2.05, 4.69) is 0 Å². The second-order valence-electron chi connectivity index (χ2n) is 7.18. The molecule has 8 heteroatoms. The molecule has 2 heterocycles. The third-order valence-corrected chi connectivity index (χ3v) is 5.35. The molecule has 1 saturated heterocycles. The van der Waals surface area contributed by atoms with Crippen molar-refractivity contribution in [1.82, 2.24) is 4.90 Å². The van der Waals surface area contributed by atoms with Gasteiger partial charge in [-0.2, -0.15) is 5.26 Å². The monoisotopic (exact) mass is 402 g/mol. The van der Waals surface area contributed by atoms with E-state index in [1.165, 1.54) is 24.3 Å². The highest BCUT2D eigenvalue weighted by atomic mass is 16.6. The van der Waals surface area contributed by atoms with Crippen molar-refractivity contribution in [2.24, 2.45) is 0 Å². The largest absolute Gasteiger partial charge is 0.366 e. The van der Waals surface area contributed by atoms with Gasteiger partial charge >= 0.3 is 0 Å². The molecule has 0 spiro atoms. The van der Waals surface area contributed by atoms with E-state index in [-0.39, 0.29) is 11.3 Å². The molecular weight excluding hydrogens is 384 g/mol. The van der Waals surface area contributed by atoms with Gasteiger partial charge in [0, 0.05) is 25.2 Å². The maximum Gasteiger partial charge on any atom is 0.282 e. The predicted molar refractivity (Wildman–Crippen MR) is 109 cm³/mol. The number of imide groups is 1. The molecule has 0 atom stereocenters. The van der Waals surface area contributed by atoms with Crippen molar-refractivity contribution in [3.05, 3.63) is 75.5 Å². The summed E-state index contributed by atoms with van der Waals surface area (Å²) in [5.41, 5.74) is 1.78. The maximum atomic E-state index is 13.4. The van der Waals surface area contributed by atoms with Crippen LogP contribution < -0.4 is 4.90 Å². The van der Waals surface area contributed by atoms with Crippen LogP contribution in [0.15, 0.2) is 54.2 Å². The van der Waals surface area contributed by atoms with Crippen molar-refractivity contribution >= 4 is 28.8 Å². The van der Waals surface area contributed by atoms with Crippen molar-refractivity contribution in [2.45, 2.75) is 19.3 Å². The van der Waals surface area contributed by atoms with Gasteiger partial charge in [0.2, 0.25) is 0 Å². The Balaban J connectivity index is 1.79. The Kier molecular flexibility index (Phi) is 5.02. The number of hydrogen-bond donors (Lipinski definition) is 0. The fourth-order valence-corrected chi connectivity index (χ4v) is 3.86. The molecule has 0 radical (unpaired) electrons.